The molecule has 0 aliphatic heterocycles. The van der Waals surface area contributed by atoms with Gasteiger partial charge in [-0.3, -0.25) is 0 Å². The normalized spacial score (nSPS) is 14.6. The van der Waals surface area contributed by atoms with E-state index >= 15 is 0 Å². The molecule has 102 valence electrons. The predicted molar refractivity (Wildman–Crippen MR) is 84.7 cm³/mol. The van der Waals surface area contributed by atoms with Gasteiger partial charge in [-0.2, -0.15) is 11.8 Å². The third-order valence-corrected chi connectivity index (χ3v) is 4.79. The first kappa shape index (κ1) is 15.6. The summed E-state index contributed by atoms with van der Waals surface area (Å²) in [6.45, 7) is 12.2. The van der Waals surface area contributed by atoms with E-state index in [1.54, 1.807) is 0 Å². The lowest BCUT2D eigenvalue weighted by atomic mass is 9.96. The van der Waals surface area contributed by atoms with Gasteiger partial charge < -0.3 is 5.32 Å². The summed E-state index contributed by atoms with van der Waals surface area (Å²) in [6.07, 6.45) is 3.41. The van der Waals surface area contributed by atoms with E-state index in [4.69, 9.17) is 0 Å². The summed E-state index contributed by atoms with van der Waals surface area (Å²) >= 11 is 1.94. The fraction of sp³-hybridized carbons (Fsp3) is 0.625. The van der Waals surface area contributed by atoms with Gasteiger partial charge in [0, 0.05) is 11.3 Å². The zero-order valence-corrected chi connectivity index (χ0v) is 13.4. The topological polar surface area (TPSA) is 12.0 Å². The molecule has 2 unspecified atom stereocenters. The summed E-state index contributed by atoms with van der Waals surface area (Å²) in [6, 6.07) is 5.08. The molecule has 0 fully saturated rings. The van der Waals surface area contributed by atoms with Crippen LogP contribution >= 0.6 is 11.8 Å². The van der Waals surface area contributed by atoms with E-state index in [1.165, 1.54) is 28.7 Å². The van der Waals surface area contributed by atoms with Gasteiger partial charge in [-0.15, -0.1) is 0 Å². The van der Waals surface area contributed by atoms with Crippen molar-refractivity contribution < 1.29 is 0 Å². The average Bonchev–Trinajstić information content (AvgIpc) is 2.33. The maximum absolute atomic E-state index is 3.64. The van der Waals surface area contributed by atoms with Crippen molar-refractivity contribution in [2.45, 2.75) is 52.3 Å². The fourth-order valence-electron chi connectivity index (χ4n) is 2.18. The van der Waals surface area contributed by atoms with Crippen LogP contribution in [0.4, 0.5) is 0 Å². The Morgan fingerprint density at radius 3 is 2.28 bits per heavy atom. The van der Waals surface area contributed by atoms with Crippen LogP contribution in [0.25, 0.3) is 0 Å². The summed E-state index contributed by atoms with van der Waals surface area (Å²) in [5.41, 5.74) is 5.62. The molecule has 0 saturated heterocycles. The standard InChI is InChI=1S/C16H27NS/c1-11-9-13(3)16(10-12(11)2)15(5)17-8-7-14(4)18-6/h9-10,14-15,17H,7-8H2,1-6H3. The molecule has 1 aromatic carbocycles. The van der Waals surface area contributed by atoms with Gasteiger partial charge in [-0.25, -0.2) is 0 Å². The van der Waals surface area contributed by atoms with Crippen LogP contribution in [0.1, 0.15) is 48.6 Å². The molecule has 1 N–H and O–H groups in total. The minimum Gasteiger partial charge on any atom is -0.310 e. The number of hydrogen-bond donors (Lipinski definition) is 1. The van der Waals surface area contributed by atoms with Gasteiger partial charge in [-0.05, 0) is 69.2 Å². The highest BCUT2D eigenvalue weighted by molar-refractivity contribution is 7.99. The summed E-state index contributed by atoms with van der Waals surface area (Å²) in [7, 11) is 0. The quantitative estimate of drug-likeness (QED) is 0.818. The van der Waals surface area contributed by atoms with Gasteiger partial charge in [0.2, 0.25) is 0 Å². The van der Waals surface area contributed by atoms with Crippen LogP contribution in [0.2, 0.25) is 0 Å². The predicted octanol–water partition coefficient (Wildman–Crippen LogP) is 4.40. The van der Waals surface area contributed by atoms with Crippen molar-refractivity contribution in [1.82, 2.24) is 5.32 Å². The van der Waals surface area contributed by atoms with Crippen LogP contribution in [0.15, 0.2) is 12.1 Å². The van der Waals surface area contributed by atoms with Gasteiger partial charge in [0.15, 0.2) is 0 Å². The zero-order valence-electron chi connectivity index (χ0n) is 12.6. The van der Waals surface area contributed by atoms with E-state index in [0.717, 1.165) is 11.8 Å². The van der Waals surface area contributed by atoms with E-state index in [1.807, 2.05) is 11.8 Å². The van der Waals surface area contributed by atoms with E-state index in [-0.39, 0.29) is 0 Å². The Balaban J connectivity index is 2.61. The maximum atomic E-state index is 3.64. The van der Waals surface area contributed by atoms with Crippen molar-refractivity contribution in [3.8, 4) is 0 Å². The lowest BCUT2D eigenvalue weighted by Crippen LogP contribution is -2.22. The van der Waals surface area contributed by atoms with Crippen molar-refractivity contribution in [3.63, 3.8) is 0 Å². The van der Waals surface area contributed by atoms with Gasteiger partial charge in [0.1, 0.15) is 0 Å². The highest BCUT2D eigenvalue weighted by Gasteiger charge is 2.10. The molecule has 0 radical (unpaired) electrons. The smallest absolute Gasteiger partial charge is 0.0294 e. The summed E-state index contributed by atoms with van der Waals surface area (Å²) in [4.78, 5) is 0. The first-order chi connectivity index (χ1) is 8.45. The van der Waals surface area contributed by atoms with E-state index < -0.39 is 0 Å². The molecular weight excluding hydrogens is 238 g/mol. The first-order valence-electron chi connectivity index (χ1n) is 6.79. The average molecular weight is 265 g/mol. The van der Waals surface area contributed by atoms with Crippen LogP contribution in [0.3, 0.4) is 0 Å². The van der Waals surface area contributed by atoms with Crippen molar-refractivity contribution >= 4 is 11.8 Å². The second kappa shape index (κ2) is 7.20. The molecule has 0 aliphatic carbocycles. The van der Waals surface area contributed by atoms with Crippen LogP contribution in [-0.2, 0) is 0 Å². The number of rotatable bonds is 6. The Bertz CT molecular complexity index is 387. The van der Waals surface area contributed by atoms with Gasteiger partial charge in [0.25, 0.3) is 0 Å². The van der Waals surface area contributed by atoms with E-state index in [9.17, 15) is 0 Å². The molecule has 2 heteroatoms. The third kappa shape index (κ3) is 4.33. The molecule has 0 aliphatic rings. The summed E-state index contributed by atoms with van der Waals surface area (Å²) in [5.74, 6) is 0. The second-order valence-electron chi connectivity index (χ2n) is 5.30. The lowest BCUT2D eigenvalue weighted by Gasteiger charge is -2.19. The molecule has 0 amide bonds. The van der Waals surface area contributed by atoms with E-state index in [0.29, 0.717) is 6.04 Å². The Morgan fingerprint density at radius 2 is 1.67 bits per heavy atom. The van der Waals surface area contributed by atoms with Crippen molar-refractivity contribution in [3.05, 3.63) is 34.4 Å². The van der Waals surface area contributed by atoms with Crippen LogP contribution in [0, 0.1) is 20.8 Å². The summed E-state index contributed by atoms with van der Waals surface area (Å²) in [5, 5.41) is 4.38. The lowest BCUT2D eigenvalue weighted by molar-refractivity contribution is 0.555. The molecule has 0 heterocycles. The van der Waals surface area contributed by atoms with Crippen molar-refractivity contribution in [2.75, 3.05) is 12.8 Å². The number of nitrogens with one attached hydrogen (secondary N) is 1. The highest BCUT2D eigenvalue weighted by Crippen LogP contribution is 2.21. The zero-order chi connectivity index (χ0) is 13.7. The van der Waals surface area contributed by atoms with Crippen LogP contribution in [-0.4, -0.2) is 18.1 Å². The van der Waals surface area contributed by atoms with Crippen LogP contribution < -0.4 is 5.32 Å². The molecule has 0 spiro atoms. The molecule has 18 heavy (non-hydrogen) atoms. The van der Waals surface area contributed by atoms with E-state index in [2.05, 4.69) is 58.3 Å². The fourth-order valence-corrected chi connectivity index (χ4v) is 2.53. The van der Waals surface area contributed by atoms with Gasteiger partial charge >= 0.3 is 0 Å². The molecule has 1 rings (SSSR count). The molecule has 2 atom stereocenters. The van der Waals surface area contributed by atoms with Crippen molar-refractivity contribution in [1.29, 1.82) is 0 Å². The second-order valence-corrected chi connectivity index (χ2v) is 6.58. The number of benzene rings is 1. The Labute approximate surface area is 117 Å². The Hall–Kier alpha value is -0.470. The number of hydrogen-bond acceptors (Lipinski definition) is 2. The Morgan fingerprint density at radius 1 is 1.06 bits per heavy atom. The van der Waals surface area contributed by atoms with Gasteiger partial charge in [0.05, 0.1) is 0 Å². The van der Waals surface area contributed by atoms with Gasteiger partial charge in [-0.1, -0.05) is 19.1 Å². The maximum Gasteiger partial charge on any atom is 0.0294 e. The number of thioether (sulfide) groups is 1. The molecule has 0 aromatic heterocycles. The molecule has 1 nitrogen and oxygen atoms in total. The SMILES string of the molecule is CSC(C)CCNC(C)c1cc(C)c(C)cc1C. The minimum atomic E-state index is 0.443. The first-order valence-corrected chi connectivity index (χ1v) is 8.08. The molecule has 1 aromatic rings. The molecule has 0 saturated carbocycles. The Kier molecular flexibility index (Phi) is 6.24. The minimum absolute atomic E-state index is 0.443. The number of aryl methyl sites for hydroxylation is 3. The van der Waals surface area contributed by atoms with Crippen LogP contribution in [0.5, 0.6) is 0 Å². The summed E-state index contributed by atoms with van der Waals surface area (Å²) < 4.78 is 0. The molecular formula is C16H27NS. The van der Waals surface area contributed by atoms with Crippen molar-refractivity contribution in [2.24, 2.45) is 0 Å². The molecule has 0 bridgehead atoms. The largest absolute Gasteiger partial charge is 0.310 e. The monoisotopic (exact) mass is 265 g/mol. The highest BCUT2D eigenvalue weighted by atomic mass is 32.2. The third-order valence-electron chi connectivity index (χ3n) is 3.75.